The van der Waals surface area contributed by atoms with Crippen LogP contribution in [-0.2, 0) is 9.53 Å². The number of quaternary nitrogens is 1. The summed E-state index contributed by atoms with van der Waals surface area (Å²) >= 11 is 0. The molecule has 112 valence electrons. The number of nitrogens with zero attached hydrogens (tertiary/aromatic N) is 1. The van der Waals surface area contributed by atoms with E-state index in [1.165, 1.54) is 9.80 Å². The molecule has 3 amide bonds. The third-order valence-corrected chi connectivity index (χ3v) is 5.08. The van der Waals surface area contributed by atoms with Gasteiger partial charge in [-0.15, -0.1) is 0 Å². The topological polar surface area (TPSA) is 63.1 Å². The van der Waals surface area contributed by atoms with E-state index in [2.05, 4.69) is 12.2 Å². The van der Waals surface area contributed by atoms with Gasteiger partial charge in [0.15, 0.2) is 6.67 Å². The highest BCUT2D eigenvalue weighted by atomic mass is 16.5. The van der Waals surface area contributed by atoms with Crippen LogP contribution in [0.1, 0.15) is 32.6 Å². The Hall–Kier alpha value is -1.14. The Morgan fingerprint density at radius 2 is 2.10 bits per heavy atom. The zero-order valence-electron chi connectivity index (χ0n) is 12.1. The van der Waals surface area contributed by atoms with E-state index >= 15 is 0 Å². The number of nitrogens with one attached hydrogen (secondary N) is 2. The molecule has 0 radical (unpaired) electrons. The van der Waals surface area contributed by atoms with Crippen LogP contribution in [0.15, 0.2) is 0 Å². The lowest BCUT2D eigenvalue weighted by Crippen LogP contribution is -3.15. The number of hydrogen-bond donors (Lipinski definition) is 2. The van der Waals surface area contributed by atoms with Crippen LogP contribution in [0.2, 0.25) is 0 Å². The lowest BCUT2D eigenvalue weighted by atomic mass is 9.73. The van der Waals surface area contributed by atoms with Crippen molar-refractivity contribution in [2.24, 2.45) is 5.92 Å². The molecule has 0 unspecified atom stereocenters. The molecule has 3 aliphatic rings. The van der Waals surface area contributed by atoms with E-state index in [-0.39, 0.29) is 17.9 Å². The fraction of sp³-hybridized carbons (Fsp3) is 0.857. The fourth-order valence-electron chi connectivity index (χ4n) is 3.68. The molecule has 6 nitrogen and oxygen atoms in total. The first-order chi connectivity index (χ1) is 9.63. The third-order valence-electron chi connectivity index (χ3n) is 5.08. The molecule has 2 atom stereocenters. The second-order valence-electron chi connectivity index (χ2n) is 6.30. The van der Waals surface area contributed by atoms with Crippen LogP contribution in [0.4, 0.5) is 4.79 Å². The maximum atomic E-state index is 12.8. The van der Waals surface area contributed by atoms with Gasteiger partial charge in [0.05, 0.1) is 13.2 Å². The molecular formula is C14H24N3O3+. The van der Waals surface area contributed by atoms with Gasteiger partial charge in [-0.1, -0.05) is 19.8 Å². The molecular weight excluding hydrogens is 258 g/mol. The maximum Gasteiger partial charge on any atom is 0.329 e. The van der Waals surface area contributed by atoms with Crippen LogP contribution in [0.25, 0.3) is 0 Å². The molecule has 1 spiro atoms. The largest absolute Gasteiger partial charge is 0.370 e. The van der Waals surface area contributed by atoms with Crippen molar-refractivity contribution in [3.8, 4) is 0 Å². The van der Waals surface area contributed by atoms with Crippen molar-refractivity contribution in [1.29, 1.82) is 0 Å². The van der Waals surface area contributed by atoms with Gasteiger partial charge < -0.3 is 15.0 Å². The molecule has 2 N–H and O–H groups in total. The van der Waals surface area contributed by atoms with Crippen molar-refractivity contribution in [3.05, 3.63) is 0 Å². The standard InChI is InChI=1S/C14H23N3O3/c1-11-4-2-3-5-14(11)12(18)17(13(19)15-14)10-16-6-8-20-9-7-16/h11H,2-10H2,1H3,(H,15,19)/p+1/t11-,14-/m0/s1. The normalized spacial score (nSPS) is 35.6. The first kappa shape index (κ1) is 13.8. The molecule has 3 fully saturated rings. The van der Waals surface area contributed by atoms with Gasteiger partial charge in [-0.2, -0.15) is 0 Å². The number of ether oxygens (including phenoxy) is 1. The highest BCUT2D eigenvalue weighted by molar-refractivity contribution is 6.07. The van der Waals surface area contributed by atoms with Crippen LogP contribution >= 0.6 is 0 Å². The molecule has 0 bridgehead atoms. The smallest absolute Gasteiger partial charge is 0.329 e. The van der Waals surface area contributed by atoms with E-state index in [4.69, 9.17) is 4.74 Å². The second-order valence-corrected chi connectivity index (χ2v) is 6.30. The lowest BCUT2D eigenvalue weighted by Gasteiger charge is -2.37. The average Bonchev–Trinajstić information content (AvgIpc) is 2.69. The summed E-state index contributed by atoms with van der Waals surface area (Å²) in [5.74, 6) is 0.228. The molecule has 0 aromatic carbocycles. The number of imide groups is 1. The summed E-state index contributed by atoms with van der Waals surface area (Å²) in [7, 11) is 0. The Morgan fingerprint density at radius 3 is 2.80 bits per heavy atom. The number of hydrogen-bond acceptors (Lipinski definition) is 3. The predicted octanol–water partition coefficient (Wildman–Crippen LogP) is -0.640. The van der Waals surface area contributed by atoms with Crippen molar-refractivity contribution in [2.75, 3.05) is 33.0 Å². The number of morpholine rings is 1. The Labute approximate surface area is 119 Å². The van der Waals surface area contributed by atoms with Gasteiger partial charge in [0, 0.05) is 0 Å². The van der Waals surface area contributed by atoms with E-state index in [0.29, 0.717) is 19.9 Å². The molecule has 1 saturated carbocycles. The van der Waals surface area contributed by atoms with E-state index in [0.717, 1.165) is 38.8 Å². The number of amides is 3. The van der Waals surface area contributed by atoms with Crippen LogP contribution in [0, 0.1) is 5.92 Å². The Kier molecular flexibility index (Phi) is 3.69. The zero-order valence-corrected chi connectivity index (χ0v) is 12.1. The maximum absolute atomic E-state index is 12.8. The summed E-state index contributed by atoms with van der Waals surface area (Å²) in [6.07, 6.45) is 3.98. The summed E-state index contributed by atoms with van der Waals surface area (Å²) < 4.78 is 5.32. The minimum absolute atomic E-state index is 0.00584. The number of urea groups is 1. The first-order valence-corrected chi connectivity index (χ1v) is 7.69. The summed E-state index contributed by atoms with van der Waals surface area (Å²) in [5.41, 5.74) is -0.624. The zero-order chi connectivity index (χ0) is 14.2. The van der Waals surface area contributed by atoms with E-state index in [1.54, 1.807) is 0 Å². The summed E-state index contributed by atoms with van der Waals surface area (Å²) in [4.78, 5) is 27.7. The second kappa shape index (κ2) is 5.33. The summed E-state index contributed by atoms with van der Waals surface area (Å²) in [6.45, 7) is 5.70. The molecule has 6 heteroatoms. The van der Waals surface area contributed by atoms with Gasteiger partial charge in [-0.3, -0.25) is 4.79 Å². The summed E-state index contributed by atoms with van der Waals surface area (Å²) in [5, 5.41) is 3.00. The predicted molar refractivity (Wildman–Crippen MR) is 72.1 cm³/mol. The van der Waals surface area contributed by atoms with E-state index < -0.39 is 5.54 Å². The van der Waals surface area contributed by atoms with Crippen molar-refractivity contribution >= 4 is 11.9 Å². The van der Waals surface area contributed by atoms with Crippen molar-refractivity contribution in [2.45, 2.75) is 38.1 Å². The SMILES string of the molecule is C[C@H]1CCCC[C@]12NC(=O)N(C[NH+]1CCOCC1)C2=O. The third kappa shape index (κ3) is 2.20. The minimum Gasteiger partial charge on any atom is -0.370 e. The summed E-state index contributed by atoms with van der Waals surface area (Å²) in [6, 6.07) is -0.206. The Bertz CT molecular complexity index is 408. The molecule has 3 rings (SSSR count). The van der Waals surface area contributed by atoms with Crippen LogP contribution in [0.5, 0.6) is 0 Å². The van der Waals surface area contributed by atoms with Crippen LogP contribution in [0.3, 0.4) is 0 Å². The molecule has 2 saturated heterocycles. The molecule has 0 aromatic rings. The number of rotatable bonds is 2. The minimum atomic E-state index is -0.624. The van der Waals surface area contributed by atoms with Gasteiger partial charge in [0.1, 0.15) is 18.6 Å². The van der Waals surface area contributed by atoms with Crippen molar-refractivity contribution in [1.82, 2.24) is 10.2 Å². The highest BCUT2D eigenvalue weighted by Crippen LogP contribution is 2.37. The van der Waals surface area contributed by atoms with Gasteiger partial charge in [-0.25, -0.2) is 9.69 Å². The van der Waals surface area contributed by atoms with Crippen LogP contribution < -0.4 is 10.2 Å². The van der Waals surface area contributed by atoms with Crippen molar-refractivity contribution in [3.63, 3.8) is 0 Å². The molecule has 1 aliphatic carbocycles. The molecule has 20 heavy (non-hydrogen) atoms. The van der Waals surface area contributed by atoms with Gasteiger partial charge in [0.25, 0.3) is 5.91 Å². The molecule has 2 heterocycles. The highest BCUT2D eigenvalue weighted by Gasteiger charge is 2.55. The van der Waals surface area contributed by atoms with Crippen LogP contribution in [-0.4, -0.2) is 55.3 Å². The van der Waals surface area contributed by atoms with E-state index in [9.17, 15) is 9.59 Å². The first-order valence-electron chi connectivity index (χ1n) is 7.69. The fourth-order valence-corrected chi connectivity index (χ4v) is 3.68. The number of carbonyl (C=O) groups is 2. The quantitative estimate of drug-likeness (QED) is 0.662. The van der Waals surface area contributed by atoms with E-state index in [1.807, 2.05) is 0 Å². The van der Waals surface area contributed by atoms with Gasteiger partial charge >= 0.3 is 6.03 Å². The Balaban J connectivity index is 1.72. The Morgan fingerprint density at radius 1 is 1.35 bits per heavy atom. The van der Waals surface area contributed by atoms with Gasteiger partial charge in [0.2, 0.25) is 0 Å². The molecule has 2 aliphatic heterocycles. The monoisotopic (exact) mass is 282 g/mol. The lowest BCUT2D eigenvalue weighted by molar-refractivity contribution is -0.915. The van der Waals surface area contributed by atoms with Gasteiger partial charge in [-0.05, 0) is 18.8 Å². The number of carbonyl (C=O) groups excluding carboxylic acids is 2. The molecule has 0 aromatic heterocycles. The average molecular weight is 282 g/mol. The van der Waals surface area contributed by atoms with Crippen molar-refractivity contribution < 1.29 is 19.2 Å².